The summed E-state index contributed by atoms with van der Waals surface area (Å²) in [4.78, 5) is 0. The molecule has 7 nitrogen and oxygen atoms in total. The van der Waals surface area contributed by atoms with E-state index in [0.29, 0.717) is 6.54 Å². The Bertz CT molecular complexity index is 664. The van der Waals surface area contributed by atoms with Crippen molar-refractivity contribution in [2.75, 3.05) is 13.7 Å². The molecule has 0 bridgehead atoms. The molecule has 2 aromatic heterocycles. The van der Waals surface area contributed by atoms with E-state index >= 15 is 0 Å². The maximum Gasteiger partial charge on any atom is 0.399 e. The molecule has 0 radical (unpaired) electrons. The van der Waals surface area contributed by atoms with Crippen LogP contribution in [0.25, 0.3) is 11.3 Å². The highest BCUT2D eigenvalue weighted by atomic mass is 32.3. The van der Waals surface area contributed by atoms with Gasteiger partial charge in [0, 0.05) is 30.9 Å². The Morgan fingerprint density at radius 3 is 2.55 bits per heavy atom. The molecule has 20 heavy (non-hydrogen) atoms. The summed E-state index contributed by atoms with van der Waals surface area (Å²) in [6, 6.07) is 5.79. The summed E-state index contributed by atoms with van der Waals surface area (Å²) >= 11 is 0. The largest absolute Gasteiger partial charge is 0.399 e. The van der Waals surface area contributed by atoms with Gasteiger partial charge in [0.05, 0.1) is 12.8 Å². The third-order valence-corrected chi connectivity index (χ3v) is 3.65. The lowest BCUT2D eigenvalue weighted by Gasteiger charge is -2.02. The molecule has 0 atom stereocenters. The molecule has 0 N–H and O–H groups in total. The average Bonchev–Trinajstić information content (AvgIpc) is 2.86. The standard InChI is InChI=1S/C12H16N3O4S/c1-14-12(3-6-13-14)11-4-7-15(8-5-11)9-10-19-20(16,17)18-2/h3-8H,9-10H2,1-2H3/q+1. The van der Waals surface area contributed by atoms with Crippen molar-refractivity contribution in [3.05, 3.63) is 36.8 Å². The summed E-state index contributed by atoms with van der Waals surface area (Å²) in [7, 11) is -0.928. The molecule has 2 rings (SSSR count). The summed E-state index contributed by atoms with van der Waals surface area (Å²) < 4.78 is 34.4. The van der Waals surface area contributed by atoms with Crippen molar-refractivity contribution in [1.29, 1.82) is 0 Å². The Labute approximate surface area is 117 Å². The highest BCUT2D eigenvalue weighted by Gasteiger charge is 2.11. The van der Waals surface area contributed by atoms with Crippen LogP contribution in [0.1, 0.15) is 0 Å². The van der Waals surface area contributed by atoms with E-state index < -0.39 is 10.4 Å². The smallest absolute Gasteiger partial charge is 0.268 e. The van der Waals surface area contributed by atoms with Gasteiger partial charge in [-0.2, -0.15) is 13.5 Å². The first-order valence-corrected chi connectivity index (χ1v) is 7.27. The van der Waals surface area contributed by atoms with Crippen molar-refractivity contribution in [2.24, 2.45) is 7.05 Å². The average molecular weight is 298 g/mol. The van der Waals surface area contributed by atoms with Crippen LogP contribution >= 0.6 is 0 Å². The second kappa shape index (κ2) is 6.12. The minimum absolute atomic E-state index is 0.0197. The summed E-state index contributed by atoms with van der Waals surface area (Å²) in [5.74, 6) is 0. The van der Waals surface area contributed by atoms with E-state index in [1.54, 1.807) is 10.9 Å². The van der Waals surface area contributed by atoms with E-state index in [4.69, 9.17) is 0 Å². The molecule has 2 aromatic rings. The molecule has 0 aliphatic carbocycles. The van der Waals surface area contributed by atoms with Gasteiger partial charge >= 0.3 is 10.4 Å². The van der Waals surface area contributed by atoms with Crippen LogP contribution in [0.2, 0.25) is 0 Å². The van der Waals surface area contributed by atoms with Gasteiger partial charge in [0.1, 0.15) is 6.61 Å². The Balaban J connectivity index is 1.97. The molecule has 0 fully saturated rings. The van der Waals surface area contributed by atoms with Crippen LogP contribution in [0, 0.1) is 0 Å². The topological polar surface area (TPSA) is 74.3 Å². The lowest BCUT2D eigenvalue weighted by Crippen LogP contribution is -2.35. The number of aryl methyl sites for hydroxylation is 1. The zero-order valence-electron chi connectivity index (χ0n) is 11.3. The van der Waals surface area contributed by atoms with Crippen LogP contribution in [0.5, 0.6) is 0 Å². The monoisotopic (exact) mass is 298 g/mol. The molecule has 108 valence electrons. The molecule has 0 amide bonds. The van der Waals surface area contributed by atoms with E-state index in [-0.39, 0.29) is 6.61 Å². The van der Waals surface area contributed by atoms with Crippen LogP contribution in [-0.4, -0.2) is 31.9 Å². The Kier molecular flexibility index (Phi) is 4.48. The van der Waals surface area contributed by atoms with Gasteiger partial charge in [0.25, 0.3) is 0 Å². The first-order valence-electron chi connectivity index (χ1n) is 5.94. The van der Waals surface area contributed by atoms with Gasteiger partial charge in [-0.05, 0) is 6.07 Å². The number of pyridine rings is 1. The van der Waals surface area contributed by atoms with E-state index in [1.165, 1.54) is 0 Å². The molecule has 0 saturated carbocycles. The van der Waals surface area contributed by atoms with Gasteiger partial charge in [-0.3, -0.25) is 8.86 Å². The molecular weight excluding hydrogens is 282 g/mol. The second-order valence-corrected chi connectivity index (χ2v) is 5.45. The van der Waals surface area contributed by atoms with Gasteiger partial charge in [-0.25, -0.2) is 8.75 Å². The molecule has 0 aliphatic rings. The molecule has 0 saturated heterocycles. The van der Waals surface area contributed by atoms with Crippen molar-refractivity contribution in [1.82, 2.24) is 9.78 Å². The fourth-order valence-corrected chi connectivity index (χ4v) is 2.10. The van der Waals surface area contributed by atoms with Gasteiger partial charge in [-0.15, -0.1) is 0 Å². The fourth-order valence-electron chi connectivity index (χ4n) is 1.73. The van der Waals surface area contributed by atoms with Gasteiger partial charge < -0.3 is 0 Å². The maximum absolute atomic E-state index is 11.0. The number of hydrogen-bond acceptors (Lipinski definition) is 5. The van der Waals surface area contributed by atoms with Crippen molar-refractivity contribution >= 4 is 10.4 Å². The normalized spacial score (nSPS) is 11.7. The van der Waals surface area contributed by atoms with Crippen molar-refractivity contribution in [2.45, 2.75) is 6.54 Å². The van der Waals surface area contributed by atoms with Crippen molar-refractivity contribution < 1.29 is 21.4 Å². The van der Waals surface area contributed by atoms with Gasteiger partial charge in [0.15, 0.2) is 18.9 Å². The van der Waals surface area contributed by atoms with E-state index in [0.717, 1.165) is 18.4 Å². The Morgan fingerprint density at radius 2 is 2.00 bits per heavy atom. The number of rotatable bonds is 6. The van der Waals surface area contributed by atoms with Crippen LogP contribution in [0.4, 0.5) is 0 Å². The minimum atomic E-state index is -3.86. The van der Waals surface area contributed by atoms with E-state index in [2.05, 4.69) is 13.5 Å². The van der Waals surface area contributed by atoms with Crippen molar-refractivity contribution in [3.8, 4) is 11.3 Å². The van der Waals surface area contributed by atoms with Crippen LogP contribution in [0.15, 0.2) is 36.8 Å². The second-order valence-electron chi connectivity index (χ2n) is 4.06. The summed E-state index contributed by atoms with van der Waals surface area (Å²) in [6.07, 6.45) is 5.44. The first kappa shape index (κ1) is 14.6. The summed E-state index contributed by atoms with van der Waals surface area (Å²) in [5.41, 5.74) is 2.04. The lowest BCUT2D eigenvalue weighted by atomic mass is 10.2. The van der Waals surface area contributed by atoms with Crippen LogP contribution < -0.4 is 4.57 Å². The zero-order valence-corrected chi connectivity index (χ0v) is 12.1. The van der Waals surface area contributed by atoms with Crippen LogP contribution in [-0.2, 0) is 32.4 Å². The third kappa shape index (κ3) is 3.62. The predicted molar refractivity (Wildman–Crippen MR) is 70.7 cm³/mol. The highest BCUT2D eigenvalue weighted by molar-refractivity contribution is 7.81. The minimum Gasteiger partial charge on any atom is -0.268 e. The maximum atomic E-state index is 11.0. The molecule has 0 aromatic carbocycles. The number of hydrogen-bond donors (Lipinski definition) is 0. The van der Waals surface area contributed by atoms with Gasteiger partial charge in [0.2, 0.25) is 0 Å². The first-order chi connectivity index (χ1) is 9.52. The quantitative estimate of drug-likeness (QED) is 0.716. The number of nitrogens with zero attached hydrogens (tertiary/aromatic N) is 3. The van der Waals surface area contributed by atoms with Crippen molar-refractivity contribution in [3.63, 3.8) is 0 Å². The molecule has 8 heteroatoms. The highest BCUT2D eigenvalue weighted by Crippen LogP contribution is 2.15. The summed E-state index contributed by atoms with van der Waals surface area (Å²) in [5, 5.41) is 4.11. The Hall–Kier alpha value is -1.77. The third-order valence-electron chi connectivity index (χ3n) is 2.79. The summed E-state index contributed by atoms with van der Waals surface area (Å²) in [6.45, 7) is 0.431. The van der Waals surface area contributed by atoms with E-state index in [9.17, 15) is 8.42 Å². The molecule has 0 aliphatic heterocycles. The molecule has 0 unspecified atom stereocenters. The zero-order chi connectivity index (χ0) is 14.6. The molecule has 2 heterocycles. The fraction of sp³-hybridized carbons (Fsp3) is 0.333. The molecular formula is C12H16N3O4S+. The van der Waals surface area contributed by atoms with Crippen LogP contribution in [0.3, 0.4) is 0 Å². The van der Waals surface area contributed by atoms with Gasteiger partial charge in [-0.1, -0.05) is 0 Å². The molecule has 0 spiro atoms. The van der Waals surface area contributed by atoms with E-state index in [1.807, 2.05) is 42.2 Å². The predicted octanol–water partition coefficient (Wildman–Crippen LogP) is 0.282. The number of aromatic nitrogens is 3. The lowest BCUT2D eigenvalue weighted by molar-refractivity contribution is -0.697. The SMILES string of the molecule is COS(=O)(=O)OCC[n+]1ccc(-c2ccnn2C)cc1. The Morgan fingerprint density at radius 1 is 1.30 bits per heavy atom.